The topological polar surface area (TPSA) is 136 Å². The van der Waals surface area contributed by atoms with E-state index < -0.39 is 36.3 Å². The van der Waals surface area contributed by atoms with Crippen molar-refractivity contribution in [3.8, 4) is 0 Å². The molecule has 0 spiro atoms. The van der Waals surface area contributed by atoms with Gasteiger partial charge in [-0.15, -0.1) is 0 Å². The molecule has 0 aliphatic rings. The van der Waals surface area contributed by atoms with Gasteiger partial charge in [0.2, 0.25) is 11.8 Å². The molecule has 0 rings (SSSR count). The van der Waals surface area contributed by atoms with Gasteiger partial charge in [-0.3, -0.25) is 9.59 Å². The average molecular weight is 217 g/mol. The predicted octanol–water partition coefficient (Wildman–Crippen LogP) is -1.83. The zero-order valence-electron chi connectivity index (χ0n) is 8.40. The summed E-state index contributed by atoms with van der Waals surface area (Å²) >= 11 is 0. The van der Waals surface area contributed by atoms with Crippen molar-refractivity contribution in [2.45, 2.75) is 31.8 Å². The molecular formula is C8H15N3O4. The van der Waals surface area contributed by atoms with E-state index in [0.717, 1.165) is 0 Å². The number of carbonyl (C=O) groups excluding carboxylic acids is 2. The summed E-state index contributed by atoms with van der Waals surface area (Å²) in [6.07, 6.45) is -0.0632. The number of hydrogen-bond donors (Lipinski definition) is 4. The van der Waals surface area contributed by atoms with E-state index in [1.54, 1.807) is 6.92 Å². The van der Waals surface area contributed by atoms with Crippen molar-refractivity contribution >= 4 is 17.8 Å². The monoisotopic (exact) mass is 217 g/mol. The SMILES string of the molecule is CC[C@@H](N)C(=O)NC(CC(N)=O)C(=O)O. The number of carboxylic acid groups (broad SMARTS) is 1. The fraction of sp³-hybridized carbons (Fsp3) is 0.625. The fourth-order valence-electron chi connectivity index (χ4n) is 0.865. The van der Waals surface area contributed by atoms with Crippen LogP contribution in [0.3, 0.4) is 0 Å². The Kier molecular flexibility index (Phi) is 5.32. The largest absolute Gasteiger partial charge is 0.480 e. The lowest BCUT2D eigenvalue weighted by Crippen LogP contribution is -2.49. The van der Waals surface area contributed by atoms with Crippen LogP contribution in [0.1, 0.15) is 19.8 Å². The maximum atomic E-state index is 11.2. The first kappa shape index (κ1) is 13.4. The van der Waals surface area contributed by atoms with Crippen LogP contribution in [-0.2, 0) is 14.4 Å². The number of nitrogens with two attached hydrogens (primary N) is 2. The van der Waals surface area contributed by atoms with Gasteiger partial charge in [0.05, 0.1) is 12.5 Å². The van der Waals surface area contributed by atoms with E-state index in [-0.39, 0.29) is 0 Å². The Balaban J connectivity index is 4.35. The summed E-state index contributed by atoms with van der Waals surface area (Å²) in [5.74, 6) is -2.72. The summed E-state index contributed by atoms with van der Waals surface area (Å²) in [4.78, 5) is 32.3. The van der Waals surface area contributed by atoms with Crippen molar-refractivity contribution in [3.05, 3.63) is 0 Å². The van der Waals surface area contributed by atoms with Crippen LogP contribution < -0.4 is 16.8 Å². The molecule has 0 fully saturated rings. The van der Waals surface area contributed by atoms with Gasteiger partial charge in [-0.2, -0.15) is 0 Å². The first-order valence-corrected chi connectivity index (χ1v) is 4.45. The highest BCUT2D eigenvalue weighted by molar-refractivity contribution is 5.89. The van der Waals surface area contributed by atoms with Gasteiger partial charge >= 0.3 is 5.97 Å². The Bertz CT molecular complexity index is 267. The van der Waals surface area contributed by atoms with Crippen LogP contribution in [0, 0.1) is 0 Å². The van der Waals surface area contributed by atoms with Crippen molar-refractivity contribution in [2.75, 3.05) is 0 Å². The van der Waals surface area contributed by atoms with Crippen LogP contribution in [-0.4, -0.2) is 35.0 Å². The lowest BCUT2D eigenvalue weighted by molar-refractivity contribution is -0.143. The molecule has 86 valence electrons. The van der Waals surface area contributed by atoms with E-state index >= 15 is 0 Å². The van der Waals surface area contributed by atoms with Gasteiger partial charge in [0.1, 0.15) is 6.04 Å². The number of hydrogen-bond acceptors (Lipinski definition) is 4. The predicted molar refractivity (Wildman–Crippen MR) is 51.6 cm³/mol. The lowest BCUT2D eigenvalue weighted by Gasteiger charge is -2.15. The average Bonchev–Trinajstić information content (AvgIpc) is 2.14. The molecule has 0 saturated carbocycles. The number of carbonyl (C=O) groups is 3. The molecule has 15 heavy (non-hydrogen) atoms. The highest BCUT2D eigenvalue weighted by atomic mass is 16.4. The third kappa shape index (κ3) is 4.96. The standard InChI is InChI=1S/C8H15N3O4/c1-2-4(9)7(13)11-5(8(14)15)3-6(10)12/h4-5H,2-3,9H2,1H3,(H2,10,12)(H,11,13)(H,14,15)/t4-,5?/m1/s1. The zero-order chi connectivity index (χ0) is 12.0. The van der Waals surface area contributed by atoms with E-state index in [1.165, 1.54) is 0 Å². The van der Waals surface area contributed by atoms with Crippen molar-refractivity contribution in [3.63, 3.8) is 0 Å². The van der Waals surface area contributed by atoms with E-state index in [4.69, 9.17) is 16.6 Å². The van der Waals surface area contributed by atoms with Crippen LogP contribution in [0.25, 0.3) is 0 Å². The second-order valence-corrected chi connectivity index (χ2v) is 3.08. The van der Waals surface area contributed by atoms with Gasteiger partial charge in [-0.1, -0.05) is 6.92 Å². The van der Waals surface area contributed by atoms with Crippen molar-refractivity contribution in [1.29, 1.82) is 0 Å². The molecule has 2 atom stereocenters. The first-order valence-electron chi connectivity index (χ1n) is 4.45. The molecule has 0 aromatic heterocycles. The molecule has 0 aromatic rings. The molecule has 1 unspecified atom stereocenters. The Hall–Kier alpha value is -1.63. The van der Waals surface area contributed by atoms with Crippen LogP contribution in [0.5, 0.6) is 0 Å². The normalized spacial score (nSPS) is 14.0. The minimum Gasteiger partial charge on any atom is -0.480 e. The molecule has 0 radical (unpaired) electrons. The molecular weight excluding hydrogens is 202 g/mol. The minimum atomic E-state index is -1.31. The Morgan fingerprint density at radius 2 is 1.93 bits per heavy atom. The van der Waals surface area contributed by atoms with Crippen LogP contribution in [0.4, 0.5) is 0 Å². The van der Waals surface area contributed by atoms with Gasteiger partial charge in [-0.05, 0) is 6.42 Å². The number of carboxylic acids is 1. The van der Waals surface area contributed by atoms with Gasteiger partial charge in [0.15, 0.2) is 0 Å². The van der Waals surface area contributed by atoms with Gasteiger partial charge in [-0.25, -0.2) is 4.79 Å². The number of primary amides is 1. The Morgan fingerprint density at radius 1 is 1.40 bits per heavy atom. The molecule has 0 saturated heterocycles. The summed E-state index contributed by atoms with van der Waals surface area (Å²) in [5, 5.41) is 10.8. The number of rotatable bonds is 6. The van der Waals surface area contributed by atoms with E-state index in [9.17, 15) is 14.4 Å². The molecule has 0 aromatic carbocycles. The second-order valence-electron chi connectivity index (χ2n) is 3.08. The quantitative estimate of drug-likeness (QED) is 0.415. The third-order valence-electron chi connectivity index (χ3n) is 1.80. The van der Waals surface area contributed by atoms with Crippen LogP contribution in [0.2, 0.25) is 0 Å². The molecule has 0 heterocycles. The van der Waals surface area contributed by atoms with E-state index in [0.29, 0.717) is 6.42 Å². The molecule has 0 aliphatic heterocycles. The van der Waals surface area contributed by atoms with Gasteiger partial charge in [0, 0.05) is 0 Å². The second kappa shape index (κ2) is 5.97. The Morgan fingerprint density at radius 3 is 2.27 bits per heavy atom. The van der Waals surface area contributed by atoms with Crippen molar-refractivity contribution in [1.82, 2.24) is 5.32 Å². The highest BCUT2D eigenvalue weighted by Crippen LogP contribution is 1.94. The van der Waals surface area contributed by atoms with Crippen molar-refractivity contribution < 1.29 is 19.5 Å². The Labute approximate surface area is 86.8 Å². The number of amides is 2. The molecule has 2 amide bonds. The first-order chi connectivity index (χ1) is 6.88. The summed E-state index contributed by atoms with van der Waals surface area (Å²) < 4.78 is 0. The summed E-state index contributed by atoms with van der Waals surface area (Å²) in [6.45, 7) is 1.69. The smallest absolute Gasteiger partial charge is 0.326 e. The van der Waals surface area contributed by atoms with Crippen LogP contribution >= 0.6 is 0 Å². The molecule has 0 bridgehead atoms. The zero-order valence-corrected chi connectivity index (χ0v) is 8.40. The minimum absolute atomic E-state index is 0.384. The highest BCUT2D eigenvalue weighted by Gasteiger charge is 2.23. The molecule has 7 nitrogen and oxygen atoms in total. The lowest BCUT2D eigenvalue weighted by atomic mass is 10.1. The molecule has 6 N–H and O–H groups in total. The summed E-state index contributed by atoms with van der Waals surface area (Å²) in [6, 6.07) is -2.09. The number of nitrogens with one attached hydrogen (secondary N) is 1. The maximum absolute atomic E-state index is 11.2. The molecule has 7 heteroatoms. The van der Waals surface area contributed by atoms with Crippen LogP contribution in [0.15, 0.2) is 0 Å². The maximum Gasteiger partial charge on any atom is 0.326 e. The number of aliphatic carboxylic acids is 1. The fourth-order valence-corrected chi connectivity index (χ4v) is 0.865. The van der Waals surface area contributed by atoms with Gasteiger partial charge < -0.3 is 21.9 Å². The van der Waals surface area contributed by atoms with E-state index in [2.05, 4.69) is 5.32 Å². The summed E-state index contributed by atoms with van der Waals surface area (Å²) in [7, 11) is 0. The van der Waals surface area contributed by atoms with E-state index in [1.807, 2.05) is 0 Å². The third-order valence-corrected chi connectivity index (χ3v) is 1.80. The molecule has 0 aliphatic carbocycles. The van der Waals surface area contributed by atoms with Crippen molar-refractivity contribution in [2.24, 2.45) is 11.5 Å². The van der Waals surface area contributed by atoms with Gasteiger partial charge in [0.25, 0.3) is 0 Å². The summed E-state index contributed by atoms with van der Waals surface area (Å²) in [5.41, 5.74) is 10.2.